The number of nitrogen functional groups attached to an aromatic ring is 1. The normalized spacial score (nSPS) is 11.0. The van der Waals surface area contributed by atoms with Crippen molar-refractivity contribution in [3.63, 3.8) is 0 Å². The highest BCUT2D eigenvalue weighted by atomic mass is 79.9. The standard InChI is InChI=1S/C13H6Br2Cl2N2OS/c14-6-4-9(21-12(6)15)11-10(13(18)20-19-11)5-1-2-7(16)8(17)3-5/h1-4H,18H2. The third-order valence-corrected chi connectivity index (χ3v) is 6.81. The average Bonchev–Trinajstić information content (AvgIpc) is 2.97. The average molecular weight is 469 g/mol. The van der Waals surface area contributed by atoms with Gasteiger partial charge in [0.25, 0.3) is 0 Å². The van der Waals surface area contributed by atoms with E-state index in [0.717, 1.165) is 18.7 Å². The Balaban J connectivity index is 2.19. The van der Waals surface area contributed by atoms with Crippen LogP contribution in [0.2, 0.25) is 10.0 Å². The fourth-order valence-electron chi connectivity index (χ4n) is 1.86. The van der Waals surface area contributed by atoms with Crippen LogP contribution in [0.25, 0.3) is 21.7 Å². The van der Waals surface area contributed by atoms with Gasteiger partial charge in [0.2, 0.25) is 5.88 Å². The van der Waals surface area contributed by atoms with Crippen molar-refractivity contribution in [2.24, 2.45) is 0 Å². The van der Waals surface area contributed by atoms with Gasteiger partial charge in [-0.2, -0.15) is 0 Å². The van der Waals surface area contributed by atoms with Crippen LogP contribution < -0.4 is 5.73 Å². The molecule has 1 aromatic carbocycles. The molecule has 2 aromatic heterocycles. The van der Waals surface area contributed by atoms with Gasteiger partial charge in [0.05, 0.1) is 24.3 Å². The molecule has 3 rings (SSSR count). The topological polar surface area (TPSA) is 52.0 Å². The Bertz CT molecular complexity index is 812. The summed E-state index contributed by atoms with van der Waals surface area (Å²) in [6, 6.07) is 7.25. The fourth-order valence-corrected chi connectivity index (χ4v) is 4.19. The van der Waals surface area contributed by atoms with Crippen molar-refractivity contribution in [3.8, 4) is 21.7 Å². The van der Waals surface area contributed by atoms with Gasteiger partial charge in [0.15, 0.2) is 0 Å². The minimum atomic E-state index is 0.240. The van der Waals surface area contributed by atoms with Crippen LogP contribution in [0, 0.1) is 0 Å². The Morgan fingerprint density at radius 3 is 2.52 bits per heavy atom. The molecule has 3 nitrogen and oxygen atoms in total. The molecule has 0 aliphatic rings. The first-order valence-electron chi connectivity index (χ1n) is 5.63. The first kappa shape index (κ1) is 15.4. The molecule has 0 fully saturated rings. The fraction of sp³-hybridized carbons (Fsp3) is 0. The SMILES string of the molecule is Nc1onc(-c2cc(Br)c(Br)s2)c1-c1ccc(Cl)c(Cl)c1. The van der Waals surface area contributed by atoms with Crippen molar-refractivity contribution in [1.29, 1.82) is 0 Å². The monoisotopic (exact) mass is 466 g/mol. The van der Waals surface area contributed by atoms with E-state index < -0.39 is 0 Å². The zero-order valence-electron chi connectivity index (χ0n) is 10.2. The zero-order chi connectivity index (χ0) is 15.1. The van der Waals surface area contributed by atoms with Gasteiger partial charge in [-0.25, -0.2) is 0 Å². The van der Waals surface area contributed by atoms with Crippen molar-refractivity contribution in [2.45, 2.75) is 0 Å². The Kier molecular flexibility index (Phi) is 4.34. The molecule has 8 heteroatoms. The van der Waals surface area contributed by atoms with Crippen LogP contribution in [0.1, 0.15) is 0 Å². The summed E-state index contributed by atoms with van der Waals surface area (Å²) < 4.78 is 7.07. The molecular weight excluding hydrogens is 463 g/mol. The molecule has 21 heavy (non-hydrogen) atoms. The van der Waals surface area contributed by atoms with Crippen molar-refractivity contribution < 1.29 is 4.52 Å². The molecule has 2 heterocycles. The van der Waals surface area contributed by atoms with Crippen molar-refractivity contribution in [1.82, 2.24) is 5.16 Å². The van der Waals surface area contributed by atoms with Crippen molar-refractivity contribution in [2.75, 3.05) is 5.73 Å². The van der Waals surface area contributed by atoms with E-state index in [1.54, 1.807) is 12.1 Å². The van der Waals surface area contributed by atoms with Gasteiger partial charge in [0.1, 0.15) is 5.69 Å². The molecule has 0 aliphatic heterocycles. The molecule has 108 valence electrons. The number of aromatic nitrogens is 1. The van der Waals surface area contributed by atoms with E-state index in [1.165, 1.54) is 11.3 Å². The van der Waals surface area contributed by atoms with Crippen LogP contribution in [0.15, 0.2) is 37.0 Å². The number of nitrogens with zero attached hydrogens (tertiary/aromatic N) is 1. The highest BCUT2D eigenvalue weighted by Gasteiger charge is 2.20. The quantitative estimate of drug-likeness (QED) is 0.468. The van der Waals surface area contributed by atoms with Gasteiger partial charge >= 0.3 is 0 Å². The summed E-state index contributed by atoms with van der Waals surface area (Å²) in [6.45, 7) is 0. The van der Waals surface area contributed by atoms with E-state index in [-0.39, 0.29) is 5.88 Å². The third kappa shape index (κ3) is 2.87. The molecule has 0 amide bonds. The van der Waals surface area contributed by atoms with E-state index in [4.69, 9.17) is 33.5 Å². The summed E-state index contributed by atoms with van der Waals surface area (Å²) in [7, 11) is 0. The first-order valence-corrected chi connectivity index (χ1v) is 8.79. The molecule has 0 spiro atoms. The highest BCUT2D eigenvalue weighted by Crippen LogP contribution is 2.44. The molecule has 0 saturated carbocycles. The Labute approximate surface area is 151 Å². The lowest BCUT2D eigenvalue weighted by Crippen LogP contribution is -1.87. The van der Waals surface area contributed by atoms with Crippen LogP contribution >= 0.6 is 66.4 Å². The number of hydrogen-bond donors (Lipinski definition) is 1. The van der Waals surface area contributed by atoms with E-state index >= 15 is 0 Å². The minimum Gasteiger partial charge on any atom is -0.367 e. The summed E-state index contributed by atoms with van der Waals surface area (Å²) in [5, 5.41) is 5.00. The van der Waals surface area contributed by atoms with E-state index in [1.807, 2.05) is 12.1 Å². The van der Waals surface area contributed by atoms with Crippen molar-refractivity contribution >= 4 is 72.3 Å². The summed E-state index contributed by atoms with van der Waals surface area (Å²) in [6.07, 6.45) is 0. The molecule has 0 aliphatic carbocycles. The number of anilines is 1. The molecular formula is C13H6Br2Cl2N2OS. The predicted molar refractivity (Wildman–Crippen MR) is 95.1 cm³/mol. The molecule has 0 saturated heterocycles. The maximum atomic E-state index is 6.07. The van der Waals surface area contributed by atoms with Gasteiger partial charge in [0, 0.05) is 4.47 Å². The molecule has 0 unspecified atom stereocenters. The second kappa shape index (κ2) is 5.93. The smallest absolute Gasteiger partial charge is 0.230 e. The molecule has 0 bridgehead atoms. The van der Waals surface area contributed by atoms with Crippen LogP contribution in [0.3, 0.4) is 0 Å². The maximum absolute atomic E-state index is 6.07. The number of rotatable bonds is 2. The van der Waals surface area contributed by atoms with Gasteiger partial charge in [-0.3, -0.25) is 0 Å². The zero-order valence-corrected chi connectivity index (χ0v) is 15.7. The number of nitrogens with two attached hydrogens (primary N) is 1. The lowest BCUT2D eigenvalue weighted by Gasteiger charge is -2.03. The summed E-state index contributed by atoms with van der Waals surface area (Å²) in [5.74, 6) is 0.240. The van der Waals surface area contributed by atoms with E-state index in [0.29, 0.717) is 21.3 Å². The van der Waals surface area contributed by atoms with Gasteiger partial charge < -0.3 is 10.3 Å². The van der Waals surface area contributed by atoms with Crippen molar-refractivity contribution in [3.05, 3.63) is 42.6 Å². The lowest BCUT2D eigenvalue weighted by atomic mass is 10.0. The van der Waals surface area contributed by atoms with Gasteiger partial charge in [-0.05, 0) is 55.6 Å². The van der Waals surface area contributed by atoms with Gasteiger partial charge in [-0.1, -0.05) is 34.4 Å². The summed E-state index contributed by atoms with van der Waals surface area (Å²) >= 11 is 20.5. The Morgan fingerprint density at radius 2 is 1.90 bits per heavy atom. The Hall–Kier alpha value is -0.530. The molecule has 0 atom stereocenters. The number of benzene rings is 1. The van der Waals surface area contributed by atoms with Crippen LogP contribution in [-0.4, -0.2) is 5.16 Å². The summed E-state index contributed by atoms with van der Waals surface area (Å²) in [5.41, 5.74) is 8.10. The lowest BCUT2D eigenvalue weighted by molar-refractivity contribution is 0.439. The van der Waals surface area contributed by atoms with Gasteiger partial charge in [-0.15, -0.1) is 11.3 Å². The molecule has 2 N–H and O–H groups in total. The first-order chi connectivity index (χ1) is 9.97. The second-order valence-corrected chi connectivity index (χ2v) is 8.17. The second-order valence-electron chi connectivity index (χ2n) is 4.13. The van der Waals surface area contributed by atoms with E-state index in [2.05, 4.69) is 37.0 Å². The predicted octanol–water partition coefficient (Wildman–Crippen LogP) is 6.48. The van der Waals surface area contributed by atoms with Crippen LogP contribution in [0.4, 0.5) is 5.88 Å². The number of thiophene rings is 1. The number of halogens is 4. The largest absolute Gasteiger partial charge is 0.367 e. The molecule has 3 aromatic rings. The maximum Gasteiger partial charge on any atom is 0.230 e. The Morgan fingerprint density at radius 1 is 1.14 bits per heavy atom. The third-order valence-electron chi connectivity index (χ3n) is 2.81. The van der Waals surface area contributed by atoms with Crippen LogP contribution in [0.5, 0.6) is 0 Å². The highest BCUT2D eigenvalue weighted by molar-refractivity contribution is 9.13. The minimum absolute atomic E-state index is 0.240. The number of hydrogen-bond acceptors (Lipinski definition) is 4. The molecule has 0 radical (unpaired) electrons. The van der Waals surface area contributed by atoms with Crippen LogP contribution in [-0.2, 0) is 0 Å². The summed E-state index contributed by atoms with van der Waals surface area (Å²) in [4.78, 5) is 0.926. The van der Waals surface area contributed by atoms with E-state index in [9.17, 15) is 0 Å².